The van der Waals surface area contributed by atoms with E-state index in [1.54, 1.807) is 13.0 Å². The number of benzene rings is 2. The van der Waals surface area contributed by atoms with Crippen molar-refractivity contribution < 1.29 is 8.78 Å². The smallest absolute Gasteiger partial charge is 0.159 e. The lowest BCUT2D eigenvalue weighted by molar-refractivity contribution is 0.507. The van der Waals surface area contributed by atoms with Crippen molar-refractivity contribution in [3.8, 4) is 6.07 Å². The summed E-state index contributed by atoms with van der Waals surface area (Å²) in [6.45, 7) is 3.72. The van der Waals surface area contributed by atoms with Crippen molar-refractivity contribution in [2.75, 3.05) is 0 Å². The second-order valence-electron chi connectivity index (χ2n) is 5.31. The molecule has 0 unspecified atom stereocenters. The molecule has 112 valence electrons. The molecule has 0 spiro atoms. The van der Waals surface area contributed by atoms with Crippen LogP contribution in [0.1, 0.15) is 30.5 Å². The van der Waals surface area contributed by atoms with Gasteiger partial charge in [-0.15, -0.1) is 0 Å². The molecule has 0 N–H and O–H groups in total. The lowest BCUT2D eigenvalue weighted by Crippen LogP contribution is -1.95. The van der Waals surface area contributed by atoms with Crippen LogP contribution in [-0.2, 0) is 12.8 Å². The average molecular weight is 297 g/mol. The van der Waals surface area contributed by atoms with Crippen LogP contribution in [0, 0.1) is 23.0 Å². The number of allylic oxidation sites excluding steroid dienone is 2. The number of hydrogen-bond acceptors (Lipinski definition) is 1. The third kappa shape index (κ3) is 3.79. The maximum Gasteiger partial charge on any atom is 0.159 e. The van der Waals surface area contributed by atoms with E-state index in [0.717, 1.165) is 34.8 Å². The monoisotopic (exact) mass is 297 g/mol. The fourth-order valence-corrected chi connectivity index (χ4v) is 2.24. The highest BCUT2D eigenvalue weighted by Crippen LogP contribution is 2.20. The van der Waals surface area contributed by atoms with Gasteiger partial charge in [0.05, 0.1) is 6.07 Å². The van der Waals surface area contributed by atoms with Crippen LogP contribution < -0.4 is 0 Å². The first kappa shape index (κ1) is 15.9. The Balaban J connectivity index is 2.14. The quantitative estimate of drug-likeness (QED) is 0.723. The summed E-state index contributed by atoms with van der Waals surface area (Å²) in [4.78, 5) is 0. The minimum atomic E-state index is -0.821. The standard InChI is InChI=1S/C19H17F2N/c1-13(12-22)14(2)17-5-3-4-15(10-17)6-7-16-8-9-18(20)19(21)11-16/h3-5,8-11H,6-7H2,1-2H3/b14-13-. The number of nitrogens with zero attached hydrogens (tertiary/aromatic N) is 1. The summed E-state index contributed by atoms with van der Waals surface area (Å²) in [7, 11) is 0. The molecule has 0 bridgehead atoms. The van der Waals surface area contributed by atoms with Gasteiger partial charge in [0.25, 0.3) is 0 Å². The number of hydrogen-bond donors (Lipinski definition) is 0. The molecule has 0 saturated heterocycles. The molecule has 0 heterocycles. The fourth-order valence-electron chi connectivity index (χ4n) is 2.24. The lowest BCUT2D eigenvalue weighted by Gasteiger charge is -2.07. The first-order valence-electron chi connectivity index (χ1n) is 7.12. The second-order valence-corrected chi connectivity index (χ2v) is 5.31. The van der Waals surface area contributed by atoms with E-state index in [0.29, 0.717) is 12.0 Å². The molecule has 0 radical (unpaired) electrons. The van der Waals surface area contributed by atoms with Crippen LogP contribution in [0.5, 0.6) is 0 Å². The summed E-state index contributed by atoms with van der Waals surface area (Å²) >= 11 is 0. The Kier molecular flexibility index (Phi) is 5.06. The molecule has 0 aliphatic rings. The third-order valence-corrected chi connectivity index (χ3v) is 3.78. The first-order chi connectivity index (χ1) is 10.5. The summed E-state index contributed by atoms with van der Waals surface area (Å²) in [6.07, 6.45) is 1.37. The summed E-state index contributed by atoms with van der Waals surface area (Å²) in [5.41, 5.74) is 4.54. The molecule has 0 aliphatic heterocycles. The molecule has 2 rings (SSSR count). The van der Waals surface area contributed by atoms with Crippen LogP contribution in [0.25, 0.3) is 5.57 Å². The molecule has 0 amide bonds. The van der Waals surface area contributed by atoms with Gasteiger partial charge >= 0.3 is 0 Å². The van der Waals surface area contributed by atoms with Crippen molar-refractivity contribution in [1.29, 1.82) is 5.26 Å². The van der Waals surface area contributed by atoms with E-state index in [1.165, 1.54) is 6.07 Å². The Bertz CT molecular complexity index is 754. The van der Waals surface area contributed by atoms with Crippen molar-refractivity contribution in [3.05, 3.63) is 76.4 Å². The lowest BCUT2D eigenvalue weighted by atomic mass is 9.98. The summed E-state index contributed by atoms with van der Waals surface area (Å²) in [6, 6.07) is 14.1. The van der Waals surface area contributed by atoms with Crippen LogP contribution >= 0.6 is 0 Å². The molecule has 22 heavy (non-hydrogen) atoms. The van der Waals surface area contributed by atoms with Gasteiger partial charge in [0.15, 0.2) is 11.6 Å². The van der Waals surface area contributed by atoms with Crippen molar-refractivity contribution >= 4 is 5.57 Å². The van der Waals surface area contributed by atoms with Crippen molar-refractivity contribution in [3.63, 3.8) is 0 Å². The van der Waals surface area contributed by atoms with Gasteiger partial charge in [-0.05, 0) is 61.1 Å². The molecule has 0 aliphatic carbocycles. The molecule has 0 aromatic heterocycles. The first-order valence-corrected chi connectivity index (χ1v) is 7.12. The van der Waals surface area contributed by atoms with Crippen molar-refractivity contribution in [1.82, 2.24) is 0 Å². The average Bonchev–Trinajstić information content (AvgIpc) is 2.54. The zero-order chi connectivity index (χ0) is 16.1. The topological polar surface area (TPSA) is 23.8 Å². The predicted molar refractivity (Wildman–Crippen MR) is 84.1 cm³/mol. The third-order valence-electron chi connectivity index (χ3n) is 3.78. The molecule has 0 fully saturated rings. The van der Waals surface area contributed by atoms with Gasteiger partial charge < -0.3 is 0 Å². The van der Waals surface area contributed by atoms with Crippen LogP contribution in [0.15, 0.2) is 48.0 Å². The number of nitriles is 1. The minimum absolute atomic E-state index is 0.640. The van der Waals surface area contributed by atoms with Crippen LogP contribution in [-0.4, -0.2) is 0 Å². The molecule has 0 atom stereocenters. The molecular weight excluding hydrogens is 280 g/mol. The van der Waals surface area contributed by atoms with E-state index >= 15 is 0 Å². The number of rotatable bonds is 4. The maximum atomic E-state index is 13.2. The van der Waals surface area contributed by atoms with Gasteiger partial charge in [-0.3, -0.25) is 0 Å². The SMILES string of the molecule is C/C(C#N)=C(\C)c1cccc(CCc2ccc(F)c(F)c2)c1. The van der Waals surface area contributed by atoms with Gasteiger partial charge in [0, 0.05) is 5.57 Å². The second kappa shape index (κ2) is 7.00. The minimum Gasteiger partial charge on any atom is -0.204 e. The molecule has 3 heteroatoms. The number of aryl methyl sites for hydroxylation is 2. The Morgan fingerprint density at radius 2 is 1.64 bits per heavy atom. The molecule has 1 nitrogen and oxygen atoms in total. The summed E-state index contributed by atoms with van der Waals surface area (Å²) in [5, 5.41) is 8.96. The zero-order valence-corrected chi connectivity index (χ0v) is 12.7. The summed E-state index contributed by atoms with van der Waals surface area (Å²) < 4.78 is 26.1. The van der Waals surface area contributed by atoms with Crippen molar-refractivity contribution in [2.24, 2.45) is 0 Å². The van der Waals surface area contributed by atoms with E-state index in [9.17, 15) is 8.78 Å². The van der Waals surface area contributed by atoms with E-state index in [-0.39, 0.29) is 0 Å². The largest absolute Gasteiger partial charge is 0.204 e. The van der Waals surface area contributed by atoms with E-state index in [4.69, 9.17) is 5.26 Å². The van der Waals surface area contributed by atoms with Gasteiger partial charge in [0.1, 0.15) is 0 Å². The fraction of sp³-hybridized carbons (Fsp3) is 0.211. The van der Waals surface area contributed by atoms with Gasteiger partial charge in [-0.25, -0.2) is 8.78 Å². The van der Waals surface area contributed by atoms with Crippen LogP contribution in [0.4, 0.5) is 8.78 Å². The van der Waals surface area contributed by atoms with Crippen LogP contribution in [0.3, 0.4) is 0 Å². The van der Waals surface area contributed by atoms with Gasteiger partial charge in [-0.2, -0.15) is 5.26 Å². The maximum absolute atomic E-state index is 13.2. The van der Waals surface area contributed by atoms with E-state index < -0.39 is 11.6 Å². The molecule has 2 aromatic carbocycles. The molecular formula is C19H17F2N. The molecule has 0 saturated carbocycles. The van der Waals surface area contributed by atoms with E-state index in [2.05, 4.69) is 6.07 Å². The highest BCUT2D eigenvalue weighted by molar-refractivity contribution is 5.69. The van der Waals surface area contributed by atoms with Gasteiger partial charge in [-0.1, -0.05) is 30.3 Å². The van der Waals surface area contributed by atoms with Gasteiger partial charge in [0.2, 0.25) is 0 Å². The highest BCUT2D eigenvalue weighted by Gasteiger charge is 2.05. The Morgan fingerprint density at radius 1 is 0.955 bits per heavy atom. The Morgan fingerprint density at radius 3 is 2.27 bits per heavy atom. The number of halogens is 2. The highest BCUT2D eigenvalue weighted by atomic mass is 19.2. The normalized spacial score (nSPS) is 11.8. The Hall–Kier alpha value is -2.47. The molecule has 2 aromatic rings. The van der Waals surface area contributed by atoms with Crippen molar-refractivity contribution in [2.45, 2.75) is 26.7 Å². The predicted octanol–water partition coefficient (Wildman–Crippen LogP) is 5.07. The zero-order valence-electron chi connectivity index (χ0n) is 12.7. The summed E-state index contributed by atoms with van der Waals surface area (Å²) in [5.74, 6) is -1.63. The van der Waals surface area contributed by atoms with E-state index in [1.807, 2.05) is 31.2 Å². The Labute approximate surface area is 129 Å². The van der Waals surface area contributed by atoms with Crippen LogP contribution in [0.2, 0.25) is 0 Å².